The molecule has 8 heteroatoms. The smallest absolute Gasteiger partial charge is 0.406 e. The molecule has 0 saturated carbocycles. The van der Waals surface area contributed by atoms with E-state index in [1.807, 2.05) is 0 Å². The largest absolute Gasteiger partial charge is 0.465 e. The fourth-order valence-corrected chi connectivity index (χ4v) is 2.29. The monoisotopic (exact) mass is 317 g/mol. The SMILES string of the molecule is COC(=O)c1cn(CC(F)(F)F)c2c(C)cc(F)cc2c1=O. The highest BCUT2D eigenvalue weighted by molar-refractivity contribution is 5.94. The summed E-state index contributed by atoms with van der Waals surface area (Å²) in [5.74, 6) is -1.85. The summed E-state index contributed by atoms with van der Waals surface area (Å²) in [6.45, 7) is -0.0320. The summed E-state index contributed by atoms with van der Waals surface area (Å²) in [7, 11) is 0.997. The lowest BCUT2D eigenvalue weighted by atomic mass is 10.1. The topological polar surface area (TPSA) is 48.3 Å². The van der Waals surface area contributed by atoms with Crippen LogP contribution in [0.5, 0.6) is 0 Å². The zero-order valence-corrected chi connectivity index (χ0v) is 11.6. The molecule has 0 aliphatic carbocycles. The molecule has 2 rings (SSSR count). The average molecular weight is 317 g/mol. The number of hydrogen-bond donors (Lipinski definition) is 0. The van der Waals surface area contributed by atoms with Crippen molar-refractivity contribution in [2.75, 3.05) is 7.11 Å². The van der Waals surface area contributed by atoms with Gasteiger partial charge in [0.15, 0.2) is 0 Å². The molecule has 0 atom stereocenters. The zero-order valence-electron chi connectivity index (χ0n) is 11.6. The first kappa shape index (κ1) is 16.0. The van der Waals surface area contributed by atoms with Crippen molar-refractivity contribution >= 4 is 16.9 Å². The van der Waals surface area contributed by atoms with Gasteiger partial charge in [-0.1, -0.05) is 0 Å². The molecule has 0 N–H and O–H groups in total. The van der Waals surface area contributed by atoms with Crippen molar-refractivity contribution in [1.29, 1.82) is 0 Å². The number of hydrogen-bond acceptors (Lipinski definition) is 3. The van der Waals surface area contributed by atoms with Crippen LogP contribution in [0.3, 0.4) is 0 Å². The van der Waals surface area contributed by atoms with Crippen LogP contribution in [0.4, 0.5) is 17.6 Å². The summed E-state index contributed by atoms with van der Waals surface area (Å²) < 4.78 is 56.7. The lowest BCUT2D eigenvalue weighted by Crippen LogP contribution is -2.25. The standard InChI is InChI=1S/C14H11F4NO3/c1-7-3-8(15)4-9-11(7)19(6-14(16,17)18)5-10(12(9)20)13(21)22-2/h3-5H,6H2,1-2H3. The molecule has 0 amide bonds. The summed E-state index contributed by atoms with van der Waals surface area (Å²) in [5, 5.41) is -0.301. The van der Waals surface area contributed by atoms with Gasteiger partial charge in [-0.25, -0.2) is 9.18 Å². The summed E-state index contributed by atoms with van der Waals surface area (Å²) in [6, 6.07) is 1.83. The fraction of sp³-hybridized carbons (Fsp3) is 0.286. The third-order valence-electron chi connectivity index (χ3n) is 3.08. The van der Waals surface area contributed by atoms with Crippen LogP contribution in [0.15, 0.2) is 23.1 Å². The molecule has 0 aliphatic heterocycles. The van der Waals surface area contributed by atoms with Crippen molar-refractivity contribution in [3.63, 3.8) is 0 Å². The number of alkyl halides is 3. The maximum Gasteiger partial charge on any atom is 0.406 e. The molecule has 0 fully saturated rings. The van der Waals surface area contributed by atoms with Crippen LogP contribution >= 0.6 is 0 Å². The first-order valence-electron chi connectivity index (χ1n) is 6.12. The molecule has 4 nitrogen and oxygen atoms in total. The normalized spacial score (nSPS) is 11.7. The molecule has 0 saturated heterocycles. The quantitative estimate of drug-likeness (QED) is 0.632. The number of ether oxygens (including phenoxy) is 1. The van der Waals surface area contributed by atoms with E-state index in [-0.39, 0.29) is 16.5 Å². The minimum Gasteiger partial charge on any atom is -0.465 e. The van der Waals surface area contributed by atoms with Gasteiger partial charge in [0, 0.05) is 11.6 Å². The van der Waals surface area contributed by atoms with Crippen LogP contribution in [0.2, 0.25) is 0 Å². The van der Waals surface area contributed by atoms with Crippen LogP contribution in [-0.2, 0) is 11.3 Å². The maximum atomic E-state index is 13.5. The Kier molecular flexibility index (Phi) is 3.95. The van der Waals surface area contributed by atoms with Crippen molar-refractivity contribution in [3.8, 4) is 0 Å². The van der Waals surface area contributed by atoms with E-state index >= 15 is 0 Å². The first-order chi connectivity index (χ1) is 10.1. The van der Waals surface area contributed by atoms with Crippen LogP contribution in [0, 0.1) is 12.7 Å². The van der Waals surface area contributed by atoms with Crippen LogP contribution in [-0.4, -0.2) is 23.8 Å². The van der Waals surface area contributed by atoms with Crippen molar-refractivity contribution in [3.05, 3.63) is 45.5 Å². The van der Waals surface area contributed by atoms with E-state index in [0.717, 1.165) is 25.4 Å². The molecular formula is C14H11F4NO3. The fourth-order valence-electron chi connectivity index (χ4n) is 2.29. The number of benzene rings is 1. The summed E-state index contributed by atoms with van der Waals surface area (Å²) in [5.41, 5.74) is -1.36. The number of nitrogens with zero attached hydrogens (tertiary/aromatic N) is 1. The summed E-state index contributed by atoms with van der Waals surface area (Å²) in [4.78, 5) is 23.7. The predicted molar refractivity (Wildman–Crippen MR) is 70.3 cm³/mol. The molecule has 0 spiro atoms. The Bertz CT molecular complexity index is 808. The Morgan fingerprint density at radius 3 is 2.50 bits per heavy atom. The number of aromatic nitrogens is 1. The Morgan fingerprint density at radius 1 is 1.32 bits per heavy atom. The number of carbonyl (C=O) groups excluding carboxylic acids is 1. The molecule has 118 valence electrons. The lowest BCUT2D eigenvalue weighted by Gasteiger charge is -2.16. The average Bonchev–Trinajstić information content (AvgIpc) is 2.39. The van der Waals surface area contributed by atoms with E-state index in [4.69, 9.17) is 0 Å². The molecular weight excluding hydrogens is 306 g/mol. The second-order valence-corrected chi connectivity index (χ2v) is 4.73. The highest BCUT2D eigenvalue weighted by Crippen LogP contribution is 2.24. The molecule has 0 unspecified atom stereocenters. The van der Waals surface area contributed by atoms with Gasteiger partial charge in [0.2, 0.25) is 5.43 Å². The van der Waals surface area contributed by atoms with Gasteiger partial charge < -0.3 is 9.30 Å². The van der Waals surface area contributed by atoms with E-state index in [2.05, 4.69) is 4.74 Å². The predicted octanol–water partition coefficient (Wildman–Crippen LogP) is 2.80. The molecule has 1 aromatic carbocycles. The maximum absolute atomic E-state index is 13.5. The van der Waals surface area contributed by atoms with Gasteiger partial charge in [-0.2, -0.15) is 13.2 Å². The van der Waals surface area contributed by atoms with Crippen LogP contribution in [0.1, 0.15) is 15.9 Å². The molecule has 0 bridgehead atoms. The molecule has 2 aromatic rings. The number of methoxy groups -OCH3 is 1. The van der Waals surface area contributed by atoms with Crippen LogP contribution in [0.25, 0.3) is 10.9 Å². The van der Waals surface area contributed by atoms with E-state index in [1.54, 1.807) is 0 Å². The Labute approximate surface area is 121 Å². The van der Waals surface area contributed by atoms with Gasteiger partial charge in [0.25, 0.3) is 0 Å². The number of esters is 1. The second kappa shape index (κ2) is 5.43. The van der Waals surface area contributed by atoms with Crippen molar-refractivity contribution < 1.29 is 27.1 Å². The zero-order chi connectivity index (χ0) is 16.7. The summed E-state index contributed by atoms with van der Waals surface area (Å²) in [6.07, 6.45) is -3.79. The number of aryl methyl sites for hydroxylation is 1. The first-order valence-corrected chi connectivity index (χ1v) is 6.12. The van der Waals surface area contributed by atoms with E-state index < -0.39 is 35.5 Å². The molecule has 1 aromatic heterocycles. The van der Waals surface area contributed by atoms with Gasteiger partial charge >= 0.3 is 12.1 Å². The second-order valence-electron chi connectivity index (χ2n) is 4.73. The number of pyridine rings is 1. The van der Waals surface area contributed by atoms with Gasteiger partial charge in [0.1, 0.15) is 17.9 Å². The number of carbonyl (C=O) groups is 1. The van der Waals surface area contributed by atoms with Gasteiger partial charge in [-0.15, -0.1) is 0 Å². The van der Waals surface area contributed by atoms with Gasteiger partial charge in [-0.3, -0.25) is 4.79 Å². The molecule has 0 radical (unpaired) electrons. The highest BCUT2D eigenvalue weighted by Gasteiger charge is 2.30. The Morgan fingerprint density at radius 2 is 1.95 bits per heavy atom. The molecule has 22 heavy (non-hydrogen) atoms. The van der Waals surface area contributed by atoms with Gasteiger partial charge in [-0.05, 0) is 24.6 Å². The highest BCUT2D eigenvalue weighted by atomic mass is 19.4. The van der Waals surface area contributed by atoms with E-state index in [1.165, 1.54) is 6.92 Å². The Balaban J connectivity index is 2.90. The van der Waals surface area contributed by atoms with Gasteiger partial charge in [0.05, 0.1) is 12.6 Å². The van der Waals surface area contributed by atoms with Crippen molar-refractivity contribution in [2.24, 2.45) is 0 Å². The Hall–Kier alpha value is -2.38. The molecule has 0 aliphatic rings. The number of halogens is 4. The third-order valence-corrected chi connectivity index (χ3v) is 3.08. The lowest BCUT2D eigenvalue weighted by molar-refractivity contribution is -0.140. The van der Waals surface area contributed by atoms with Crippen LogP contribution < -0.4 is 5.43 Å². The van der Waals surface area contributed by atoms with Crippen molar-refractivity contribution in [1.82, 2.24) is 4.57 Å². The number of rotatable bonds is 2. The molecule has 1 heterocycles. The summed E-state index contributed by atoms with van der Waals surface area (Å²) >= 11 is 0. The minimum absolute atomic E-state index is 0.0728. The van der Waals surface area contributed by atoms with E-state index in [0.29, 0.717) is 4.57 Å². The van der Waals surface area contributed by atoms with E-state index in [9.17, 15) is 27.2 Å². The minimum atomic E-state index is -4.57. The number of fused-ring (bicyclic) bond motifs is 1. The van der Waals surface area contributed by atoms with Crippen molar-refractivity contribution in [2.45, 2.75) is 19.6 Å². The third kappa shape index (κ3) is 2.95.